The van der Waals surface area contributed by atoms with Crippen LogP contribution in [0.5, 0.6) is 0 Å². The van der Waals surface area contributed by atoms with Crippen molar-refractivity contribution in [2.24, 2.45) is 5.41 Å². The lowest BCUT2D eigenvalue weighted by Gasteiger charge is -2.40. The molecule has 0 aliphatic carbocycles. The Hall–Kier alpha value is -0.500. The number of alkyl halides is 1. The van der Waals surface area contributed by atoms with Gasteiger partial charge in [-0.25, -0.2) is 0 Å². The minimum absolute atomic E-state index is 0.571. The van der Waals surface area contributed by atoms with E-state index in [0.29, 0.717) is 5.41 Å². The van der Waals surface area contributed by atoms with E-state index in [1.54, 1.807) is 0 Å². The molecule has 1 aliphatic heterocycles. The van der Waals surface area contributed by atoms with E-state index in [0.717, 1.165) is 5.33 Å². The number of halogens is 1. The highest BCUT2D eigenvalue weighted by Gasteiger charge is 2.28. The highest BCUT2D eigenvalue weighted by molar-refractivity contribution is 9.08. The lowest BCUT2D eigenvalue weighted by molar-refractivity contribution is 0.238. The Labute approximate surface area is 120 Å². The molecule has 1 nitrogen and oxygen atoms in total. The molecular formula is C16H24BrN. The predicted molar refractivity (Wildman–Crippen MR) is 83.7 cm³/mol. The lowest BCUT2D eigenvalue weighted by Crippen LogP contribution is -2.38. The number of hydrogen-bond acceptors (Lipinski definition) is 1. The van der Waals surface area contributed by atoms with Crippen LogP contribution in [0.1, 0.15) is 44.2 Å². The molecule has 1 aliphatic rings. The van der Waals surface area contributed by atoms with E-state index in [1.807, 2.05) is 0 Å². The van der Waals surface area contributed by atoms with Gasteiger partial charge in [0.1, 0.15) is 0 Å². The first kappa shape index (κ1) is 13.9. The normalized spacial score (nSPS) is 19.0. The summed E-state index contributed by atoms with van der Waals surface area (Å²) in [4.78, 5) is 2.54. The molecule has 0 unspecified atom stereocenters. The molecule has 0 bridgehead atoms. The molecule has 0 N–H and O–H groups in total. The minimum Gasteiger partial charge on any atom is -0.371 e. The minimum atomic E-state index is 0.571. The summed E-state index contributed by atoms with van der Waals surface area (Å²) in [6, 6.07) is 6.87. The van der Waals surface area contributed by atoms with Gasteiger partial charge in [0.25, 0.3) is 0 Å². The number of benzene rings is 1. The Kier molecular flexibility index (Phi) is 4.37. The van der Waals surface area contributed by atoms with Crippen LogP contribution in [0, 0.1) is 12.3 Å². The summed E-state index contributed by atoms with van der Waals surface area (Å²) in [6.45, 7) is 9.38. The Morgan fingerprint density at radius 1 is 1.28 bits per heavy atom. The number of piperidine rings is 1. The standard InChI is InChI=1S/C16H24BrN/c1-4-16(3)7-9-18(10-8-16)15-6-5-14(12-17)13(2)11-15/h5-6,11H,4,7-10,12H2,1-3H3. The summed E-state index contributed by atoms with van der Waals surface area (Å²) < 4.78 is 0. The fraction of sp³-hybridized carbons (Fsp3) is 0.625. The van der Waals surface area contributed by atoms with Crippen molar-refractivity contribution in [2.45, 2.75) is 45.4 Å². The van der Waals surface area contributed by atoms with Gasteiger partial charge in [-0.2, -0.15) is 0 Å². The maximum atomic E-state index is 3.54. The van der Waals surface area contributed by atoms with Crippen LogP contribution in [0.25, 0.3) is 0 Å². The van der Waals surface area contributed by atoms with Crippen molar-refractivity contribution in [1.82, 2.24) is 0 Å². The summed E-state index contributed by atoms with van der Waals surface area (Å²) in [6.07, 6.45) is 3.95. The van der Waals surface area contributed by atoms with Gasteiger partial charge in [0.15, 0.2) is 0 Å². The van der Waals surface area contributed by atoms with Gasteiger partial charge >= 0.3 is 0 Å². The van der Waals surface area contributed by atoms with Crippen molar-refractivity contribution in [3.05, 3.63) is 29.3 Å². The maximum Gasteiger partial charge on any atom is 0.0369 e. The molecule has 1 saturated heterocycles. The fourth-order valence-corrected chi connectivity index (χ4v) is 3.31. The molecular weight excluding hydrogens is 286 g/mol. The van der Waals surface area contributed by atoms with Gasteiger partial charge in [-0.1, -0.05) is 42.3 Å². The zero-order chi connectivity index (χ0) is 13.2. The summed E-state index contributed by atoms with van der Waals surface area (Å²) in [5.74, 6) is 0. The van der Waals surface area contributed by atoms with Crippen molar-refractivity contribution in [3.8, 4) is 0 Å². The summed E-state index contributed by atoms with van der Waals surface area (Å²) >= 11 is 3.54. The number of aryl methyl sites for hydroxylation is 1. The third-order valence-electron chi connectivity index (χ3n) is 4.66. The third-order valence-corrected chi connectivity index (χ3v) is 5.26. The molecule has 18 heavy (non-hydrogen) atoms. The number of anilines is 1. The summed E-state index contributed by atoms with van der Waals surface area (Å²) in [7, 11) is 0. The van der Waals surface area contributed by atoms with E-state index in [4.69, 9.17) is 0 Å². The van der Waals surface area contributed by atoms with E-state index in [2.05, 4.69) is 59.8 Å². The average Bonchev–Trinajstić information content (AvgIpc) is 2.39. The summed E-state index contributed by atoms with van der Waals surface area (Å²) in [5, 5.41) is 0.951. The largest absolute Gasteiger partial charge is 0.371 e. The molecule has 0 atom stereocenters. The smallest absolute Gasteiger partial charge is 0.0369 e. The molecule has 1 heterocycles. The van der Waals surface area contributed by atoms with Crippen LogP contribution in [-0.2, 0) is 5.33 Å². The second-order valence-corrected chi connectivity index (χ2v) is 6.46. The molecule has 1 aromatic carbocycles. The van der Waals surface area contributed by atoms with Crippen LogP contribution in [-0.4, -0.2) is 13.1 Å². The third kappa shape index (κ3) is 2.90. The van der Waals surface area contributed by atoms with Crippen LogP contribution < -0.4 is 4.90 Å². The maximum absolute atomic E-state index is 3.54. The number of rotatable bonds is 3. The topological polar surface area (TPSA) is 3.24 Å². The Morgan fingerprint density at radius 3 is 2.44 bits per heavy atom. The zero-order valence-electron chi connectivity index (χ0n) is 11.8. The molecule has 0 radical (unpaired) electrons. The molecule has 0 aromatic heterocycles. The Morgan fingerprint density at radius 2 is 1.94 bits per heavy atom. The van der Waals surface area contributed by atoms with Crippen molar-refractivity contribution in [2.75, 3.05) is 18.0 Å². The van der Waals surface area contributed by atoms with Gasteiger partial charge in [0.2, 0.25) is 0 Å². The van der Waals surface area contributed by atoms with Gasteiger partial charge < -0.3 is 4.90 Å². The quantitative estimate of drug-likeness (QED) is 0.717. The van der Waals surface area contributed by atoms with E-state index < -0.39 is 0 Å². The highest BCUT2D eigenvalue weighted by Crippen LogP contribution is 2.35. The number of hydrogen-bond donors (Lipinski definition) is 0. The average molecular weight is 310 g/mol. The van der Waals surface area contributed by atoms with Gasteiger partial charge in [-0.15, -0.1) is 0 Å². The molecule has 100 valence electrons. The van der Waals surface area contributed by atoms with Gasteiger partial charge in [-0.05, 0) is 48.4 Å². The fourth-order valence-electron chi connectivity index (χ4n) is 2.68. The number of nitrogens with zero attached hydrogens (tertiary/aromatic N) is 1. The van der Waals surface area contributed by atoms with Crippen LogP contribution >= 0.6 is 15.9 Å². The molecule has 0 spiro atoms. The SMILES string of the molecule is CCC1(C)CCN(c2ccc(CBr)c(C)c2)CC1. The van der Waals surface area contributed by atoms with Crippen LogP contribution in [0.3, 0.4) is 0 Å². The Bertz CT molecular complexity index is 406. The van der Waals surface area contributed by atoms with Gasteiger partial charge in [-0.3, -0.25) is 0 Å². The molecule has 2 heteroatoms. The summed E-state index contributed by atoms with van der Waals surface area (Å²) in [5.41, 5.74) is 4.76. The molecule has 1 aromatic rings. The lowest BCUT2D eigenvalue weighted by atomic mass is 9.78. The van der Waals surface area contributed by atoms with Crippen LogP contribution in [0.2, 0.25) is 0 Å². The van der Waals surface area contributed by atoms with E-state index in [9.17, 15) is 0 Å². The van der Waals surface area contributed by atoms with Crippen molar-refractivity contribution in [3.63, 3.8) is 0 Å². The van der Waals surface area contributed by atoms with E-state index >= 15 is 0 Å². The van der Waals surface area contributed by atoms with Crippen LogP contribution in [0.15, 0.2) is 18.2 Å². The first-order valence-electron chi connectivity index (χ1n) is 6.98. The van der Waals surface area contributed by atoms with Gasteiger partial charge in [0, 0.05) is 24.1 Å². The van der Waals surface area contributed by atoms with Crippen LogP contribution in [0.4, 0.5) is 5.69 Å². The van der Waals surface area contributed by atoms with Crippen molar-refractivity contribution in [1.29, 1.82) is 0 Å². The molecule has 2 rings (SSSR count). The van der Waals surface area contributed by atoms with Crippen molar-refractivity contribution < 1.29 is 0 Å². The molecule has 0 amide bonds. The Balaban J connectivity index is 2.08. The van der Waals surface area contributed by atoms with Gasteiger partial charge in [0.05, 0.1) is 0 Å². The first-order valence-corrected chi connectivity index (χ1v) is 8.10. The molecule has 0 saturated carbocycles. The second-order valence-electron chi connectivity index (χ2n) is 5.90. The second kappa shape index (κ2) is 5.64. The monoisotopic (exact) mass is 309 g/mol. The van der Waals surface area contributed by atoms with E-state index in [-0.39, 0.29) is 0 Å². The van der Waals surface area contributed by atoms with E-state index in [1.165, 1.54) is 49.2 Å². The predicted octanol–water partition coefficient (Wildman–Crippen LogP) is 4.91. The first-order chi connectivity index (χ1) is 8.58. The molecule has 1 fully saturated rings. The van der Waals surface area contributed by atoms with Crippen molar-refractivity contribution >= 4 is 21.6 Å². The highest BCUT2D eigenvalue weighted by atomic mass is 79.9. The zero-order valence-corrected chi connectivity index (χ0v) is 13.4.